The van der Waals surface area contributed by atoms with Crippen LogP contribution in [-0.2, 0) is 14.8 Å². The first-order valence-electron chi connectivity index (χ1n) is 6.36. The highest BCUT2D eigenvalue weighted by Gasteiger charge is 2.26. The third kappa shape index (κ3) is 3.46. The summed E-state index contributed by atoms with van der Waals surface area (Å²) in [7, 11) is -3.53. The number of anilines is 1. The molecule has 1 fully saturated rings. The number of ether oxygens (including phenoxy) is 1. The maximum Gasteiger partial charge on any atom is 0.240 e. The van der Waals surface area contributed by atoms with Crippen molar-refractivity contribution >= 4 is 15.7 Å². The molecule has 2 atom stereocenters. The molecule has 1 aromatic carbocycles. The lowest BCUT2D eigenvalue weighted by Crippen LogP contribution is -2.38. The summed E-state index contributed by atoms with van der Waals surface area (Å²) < 4.78 is 32.6. The Morgan fingerprint density at radius 3 is 2.74 bits per heavy atom. The molecule has 106 valence electrons. The quantitative estimate of drug-likeness (QED) is 0.816. The Balaban J connectivity index is 2.17. The van der Waals surface area contributed by atoms with Crippen LogP contribution >= 0.6 is 0 Å². The van der Waals surface area contributed by atoms with E-state index in [-0.39, 0.29) is 16.9 Å². The lowest BCUT2D eigenvalue weighted by molar-refractivity contribution is 0.180. The number of sulfonamides is 1. The third-order valence-electron chi connectivity index (χ3n) is 3.40. The van der Waals surface area contributed by atoms with E-state index in [1.807, 2.05) is 13.8 Å². The standard InChI is InChI=1S/C13H20N2O3S/c1-9-5-12(14)7-13(6-9)19(16,17)15-10(2)11-3-4-18-8-11/h5-7,10-11,15H,3-4,8,14H2,1-2H3. The highest BCUT2D eigenvalue weighted by molar-refractivity contribution is 7.89. The molecule has 0 spiro atoms. The second kappa shape index (κ2) is 5.48. The molecule has 0 amide bonds. The number of nitrogen functional groups attached to an aromatic ring is 1. The van der Waals surface area contributed by atoms with Gasteiger partial charge in [0.25, 0.3) is 0 Å². The van der Waals surface area contributed by atoms with Crippen molar-refractivity contribution in [3.05, 3.63) is 23.8 Å². The summed E-state index contributed by atoms with van der Waals surface area (Å²) in [5, 5.41) is 0. The summed E-state index contributed by atoms with van der Waals surface area (Å²) >= 11 is 0. The van der Waals surface area contributed by atoms with Gasteiger partial charge in [-0.2, -0.15) is 0 Å². The fourth-order valence-corrected chi connectivity index (χ4v) is 3.74. The van der Waals surface area contributed by atoms with Gasteiger partial charge in [0.15, 0.2) is 0 Å². The van der Waals surface area contributed by atoms with Gasteiger partial charge >= 0.3 is 0 Å². The van der Waals surface area contributed by atoms with E-state index in [4.69, 9.17) is 10.5 Å². The molecule has 0 saturated carbocycles. The fraction of sp³-hybridized carbons (Fsp3) is 0.538. The smallest absolute Gasteiger partial charge is 0.240 e. The highest BCUT2D eigenvalue weighted by atomic mass is 32.2. The minimum Gasteiger partial charge on any atom is -0.399 e. The topological polar surface area (TPSA) is 81.4 Å². The van der Waals surface area contributed by atoms with Crippen molar-refractivity contribution < 1.29 is 13.2 Å². The maximum atomic E-state index is 12.3. The van der Waals surface area contributed by atoms with E-state index in [1.165, 1.54) is 6.07 Å². The van der Waals surface area contributed by atoms with Crippen molar-refractivity contribution in [2.45, 2.75) is 31.2 Å². The SMILES string of the molecule is Cc1cc(N)cc(S(=O)(=O)NC(C)C2CCOC2)c1. The van der Waals surface area contributed by atoms with Crippen LogP contribution in [0, 0.1) is 12.8 Å². The van der Waals surface area contributed by atoms with E-state index >= 15 is 0 Å². The molecule has 2 rings (SSSR count). The molecule has 5 nitrogen and oxygen atoms in total. The first-order chi connectivity index (χ1) is 8.88. The number of benzene rings is 1. The lowest BCUT2D eigenvalue weighted by Gasteiger charge is -2.19. The summed E-state index contributed by atoms with van der Waals surface area (Å²) in [5.74, 6) is 0.233. The van der Waals surface area contributed by atoms with E-state index in [2.05, 4.69) is 4.72 Å². The molecule has 1 aliphatic rings. The van der Waals surface area contributed by atoms with Gasteiger partial charge in [-0.25, -0.2) is 13.1 Å². The number of aryl methyl sites for hydroxylation is 1. The molecule has 0 aliphatic carbocycles. The van der Waals surface area contributed by atoms with Gasteiger partial charge in [0.05, 0.1) is 11.5 Å². The van der Waals surface area contributed by atoms with Gasteiger partial charge in [0.2, 0.25) is 10.0 Å². The van der Waals surface area contributed by atoms with E-state index in [0.29, 0.717) is 18.9 Å². The second-order valence-corrected chi connectivity index (χ2v) is 6.83. The summed E-state index contributed by atoms with van der Waals surface area (Å²) in [6, 6.07) is 4.70. The largest absolute Gasteiger partial charge is 0.399 e. The van der Waals surface area contributed by atoms with Crippen LogP contribution in [0.25, 0.3) is 0 Å². The number of rotatable bonds is 4. The zero-order valence-corrected chi connectivity index (χ0v) is 12.0. The van der Waals surface area contributed by atoms with Crippen LogP contribution in [0.1, 0.15) is 18.9 Å². The van der Waals surface area contributed by atoms with E-state index in [9.17, 15) is 8.42 Å². The van der Waals surface area contributed by atoms with Gasteiger partial charge in [-0.1, -0.05) is 0 Å². The van der Waals surface area contributed by atoms with Gasteiger partial charge in [-0.15, -0.1) is 0 Å². The molecule has 1 aromatic rings. The molecule has 2 unspecified atom stereocenters. The molecule has 0 aromatic heterocycles. The van der Waals surface area contributed by atoms with Crippen LogP contribution in [0.5, 0.6) is 0 Å². The molecule has 0 radical (unpaired) electrons. The Morgan fingerprint density at radius 2 is 2.16 bits per heavy atom. The number of nitrogens with one attached hydrogen (secondary N) is 1. The average Bonchev–Trinajstić information content (AvgIpc) is 2.80. The lowest BCUT2D eigenvalue weighted by atomic mass is 10.0. The normalized spacial score (nSPS) is 21.5. The van der Waals surface area contributed by atoms with E-state index in [1.54, 1.807) is 12.1 Å². The minimum absolute atomic E-state index is 0.144. The molecular formula is C13H20N2O3S. The molecule has 1 aliphatic heterocycles. The molecule has 3 N–H and O–H groups in total. The Hall–Kier alpha value is -1.11. The molecular weight excluding hydrogens is 264 g/mol. The maximum absolute atomic E-state index is 12.3. The highest BCUT2D eigenvalue weighted by Crippen LogP contribution is 2.20. The van der Waals surface area contributed by atoms with E-state index < -0.39 is 10.0 Å². The summed E-state index contributed by atoms with van der Waals surface area (Å²) in [5.41, 5.74) is 6.98. The van der Waals surface area contributed by atoms with Crippen molar-refractivity contribution in [2.75, 3.05) is 18.9 Å². The van der Waals surface area contributed by atoms with Crippen molar-refractivity contribution in [3.8, 4) is 0 Å². The van der Waals surface area contributed by atoms with Crippen LogP contribution in [0.4, 0.5) is 5.69 Å². The van der Waals surface area contributed by atoms with Gasteiger partial charge in [-0.3, -0.25) is 0 Å². The first-order valence-corrected chi connectivity index (χ1v) is 7.84. The first kappa shape index (κ1) is 14.3. The summed E-state index contributed by atoms with van der Waals surface area (Å²) in [6.45, 7) is 5.01. The summed E-state index contributed by atoms with van der Waals surface area (Å²) in [4.78, 5) is 0.218. The second-order valence-electron chi connectivity index (χ2n) is 5.11. The Morgan fingerprint density at radius 1 is 1.42 bits per heavy atom. The van der Waals surface area contributed by atoms with Gasteiger partial charge in [0.1, 0.15) is 0 Å². The molecule has 6 heteroatoms. The fourth-order valence-electron chi connectivity index (χ4n) is 2.29. The van der Waals surface area contributed by atoms with Gasteiger partial charge in [0, 0.05) is 24.3 Å². The van der Waals surface area contributed by atoms with Gasteiger partial charge < -0.3 is 10.5 Å². The molecule has 0 bridgehead atoms. The van der Waals surface area contributed by atoms with Crippen LogP contribution in [-0.4, -0.2) is 27.7 Å². The average molecular weight is 284 g/mol. The Bertz CT molecular complexity index is 531. The predicted octanol–water partition coefficient (Wildman–Crippen LogP) is 1.28. The predicted molar refractivity (Wildman–Crippen MR) is 74.3 cm³/mol. The minimum atomic E-state index is -3.53. The zero-order valence-electron chi connectivity index (χ0n) is 11.2. The Labute approximate surface area is 114 Å². The monoisotopic (exact) mass is 284 g/mol. The summed E-state index contributed by atoms with van der Waals surface area (Å²) in [6.07, 6.45) is 0.889. The van der Waals surface area contributed by atoms with Crippen molar-refractivity contribution in [3.63, 3.8) is 0 Å². The number of nitrogens with two attached hydrogens (primary N) is 1. The molecule has 1 saturated heterocycles. The van der Waals surface area contributed by atoms with Crippen molar-refractivity contribution in [1.29, 1.82) is 0 Å². The molecule has 19 heavy (non-hydrogen) atoms. The van der Waals surface area contributed by atoms with Crippen LogP contribution < -0.4 is 10.5 Å². The molecule has 1 heterocycles. The van der Waals surface area contributed by atoms with Gasteiger partial charge in [-0.05, 0) is 44.0 Å². The van der Waals surface area contributed by atoms with Crippen molar-refractivity contribution in [2.24, 2.45) is 5.92 Å². The van der Waals surface area contributed by atoms with Crippen LogP contribution in [0.15, 0.2) is 23.1 Å². The number of hydrogen-bond donors (Lipinski definition) is 2. The van der Waals surface area contributed by atoms with Crippen LogP contribution in [0.3, 0.4) is 0 Å². The third-order valence-corrected chi connectivity index (χ3v) is 4.93. The number of hydrogen-bond acceptors (Lipinski definition) is 4. The zero-order chi connectivity index (χ0) is 14.0. The van der Waals surface area contributed by atoms with E-state index in [0.717, 1.165) is 12.0 Å². The Kier molecular flexibility index (Phi) is 4.13. The van der Waals surface area contributed by atoms with Crippen molar-refractivity contribution in [1.82, 2.24) is 4.72 Å². The van der Waals surface area contributed by atoms with Crippen LogP contribution in [0.2, 0.25) is 0 Å².